The molecule has 2 aromatic rings. The van der Waals surface area contributed by atoms with E-state index < -0.39 is 0 Å². The smallest absolute Gasteiger partial charge is 0.220 e. The maximum absolute atomic E-state index is 12.0. The first-order valence-electron chi connectivity index (χ1n) is 6.86. The molecule has 110 valence electrons. The summed E-state index contributed by atoms with van der Waals surface area (Å²) in [6.07, 6.45) is 2.77. The fraction of sp³-hybridized carbons (Fsp3) is 0.250. The zero-order chi connectivity index (χ0) is 15.1. The van der Waals surface area contributed by atoms with Gasteiger partial charge in [-0.25, -0.2) is 0 Å². The number of benzene rings is 1. The summed E-state index contributed by atoms with van der Waals surface area (Å²) < 4.78 is 0. The largest absolute Gasteiger partial charge is 0.344 e. The van der Waals surface area contributed by atoms with Gasteiger partial charge in [-0.1, -0.05) is 29.8 Å². The second-order valence-corrected chi connectivity index (χ2v) is 5.14. The molecule has 0 aliphatic heterocycles. The Morgan fingerprint density at radius 2 is 2.14 bits per heavy atom. The van der Waals surface area contributed by atoms with Crippen LogP contribution in [0, 0.1) is 0 Å². The van der Waals surface area contributed by atoms with Crippen LogP contribution in [-0.4, -0.2) is 17.4 Å². The Hall–Kier alpha value is -1.91. The summed E-state index contributed by atoms with van der Waals surface area (Å²) in [5.41, 5.74) is 7.12. The molecule has 3 N–H and O–H groups in total. The van der Waals surface area contributed by atoms with E-state index in [-0.39, 0.29) is 11.9 Å². The molecule has 1 atom stereocenters. The third-order valence-corrected chi connectivity index (χ3v) is 3.31. The van der Waals surface area contributed by atoms with Crippen molar-refractivity contribution in [3.63, 3.8) is 0 Å². The van der Waals surface area contributed by atoms with Crippen molar-refractivity contribution < 1.29 is 4.79 Å². The predicted molar refractivity (Wildman–Crippen MR) is 84.0 cm³/mol. The van der Waals surface area contributed by atoms with E-state index in [1.54, 1.807) is 12.3 Å². The molecule has 0 aliphatic carbocycles. The SMILES string of the molecule is NCCCC(=O)NC(c1cccc(Cl)c1)c1ccccn1. The van der Waals surface area contributed by atoms with Gasteiger partial charge in [0, 0.05) is 17.6 Å². The topological polar surface area (TPSA) is 68.0 Å². The van der Waals surface area contributed by atoms with E-state index in [1.807, 2.05) is 36.4 Å². The Kier molecular flexibility index (Phi) is 5.72. The standard InChI is InChI=1S/C16H18ClN3O/c17-13-6-3-5-12(11-13)16(14-7-1-2-10-19-14)20-15(21)8-4-9-18/h1-3,5-7,10-11,16H,4,8-9,18H2,(H,20,21). The molecule has 1 heterocycles. The Morgan fingerprint density at radius 3 is 2.81 bits per heavy atom. The lowest BCUT2D eigenvalue weighted by Gasteiger charge is -2.19. The molecular weight excluding hydrogens is 286 g/mol. The lowest BCUT2D eigenvalue weighted by atomic mass is 10.0. The van der Waals surface area contributed by atoms with Crippen LogP contribution in [0.2, 0.25) is 5.02 Å². The number of nitrogens with one attached hydrogen (secondary N) is 1. The van der Waals surface area contributed by atoms with E-state index >= 15 is 0 Å². The number of amides is 1. The lowest BCUT2D eigenvalue weighted by molar-refractivity contribution is -0.121. The highest BCUT2D eigenvalue weighted by Gasteiger charge is 2.17. The first-order chi connectivity index (χ1) is 10.2. The molecule has 1 unspecified atom stereocenters. The molecule has 0 saturated heterocycles. The van der Waals surface area contributed by atoms with Gasteiger partial charge in [-0.05, 0) is 42.8 Å². The van der Waals surface area contributed by atoms with Gasteiger partial charge in [0.15, 0.2) is 0 Å². The number of rotatable bonds is 6. The van der Waals surface area contributed by atoms with Gasteiger partial charge >= 0.3 is 0 Å². The molecule has 2 rings (SSSR count). The molecule has 1 amide bonds. The minimum absolute atomic E-state index is 0.0453. The van der Waals surface area contributed by atoms with Crippen molar-refractivity contribution >= 4 is 17.5 Å². The van der Waals surface area contributed by atoms with Crippen LogP contribution in [0.4, 0.5) is 0 Å². The van der Waals surface area contributed by atoms with Crippen LogP contribution < -0.4 is 11.1 Å². The van der Waals surface area contributed by atoms with Crippen LogP contribution in [0.25, 0.3) is 0 Å². The predicted octanol–water partition coefficient (Wildman–Crippen LogP) is 2.68. The van der Waals surface area contributed by atoms with Gasteiger partial charge in [-0.3, -0.25) is 9.78 Å². The summed E-state index contributed by atoms with van der Waals surface area (Å²) in [5, 5.41) is 3.63. The molecule has 1 aromatic heterocycles. The zero-order valence-corrected chi connectivity index (χ0v) is 12.4. The number of nitrogens with zero attached hydrogens (tertiary/aromatic N) is 1. The van der Waals surface area contributed by atoms with Crippen molar-refractivity contribution in [1.82, 2.24) is 10.3 Å². The van der Waals surface area contributed by atoms with Gasteiger partial charge < -0.3 is 11.1 Å². The highest BCUT2D eigenvalue weighted by Crippen LogP contribution is 2.23. The van der Waals surface area contributed by atoms with Crippen molar-refractivity contribution in [2.45, 2.75) is 18.9 Å². The maximum Gasteiger partial charge on any atom is 0.220 e. The molecule has 0 bridgehead atoms. The average molecular weight is 304 g/mol. The minimum Gasteiger partial charge on any atom is -0.344 e. The van der Waals surface area contributed by atoms with Crippen LogP contribution in [0.1, 0.15) is 30.1 Å². The van der Waals surface area contributed by atoms with Crippen molar-refractivity contribution in [2.75, 3.05) is 6.54 Å². The second kappa shape index (κ2) is 7.76. The summed E-state index contributed by atoms with van der Waals surface area (Å²) >= 11 is 6.05. The first kappa shape index (κ1) is 15.5. The van der Waals surface area contributed by atoms with Crippen LogP contribution in [0.15, 0.2) is 48.7 Å². The molecule has 5 heteroatoms. The Morgan fingerprint density at radius 1 is 1.29 bits per heavy atom. The van der Waals surface area contributed by atoms with Crippen LogP contribution in [0.3, 0.4) is 0 Å². The van der Waals surface area contributed by atoms with Crippen LogP contribution in [0.5, 0.6) is 0 Å². The Balaban J connectivity index is 2.25. The van der Waals surface area contributed by atoms with Crippen molar-refractivity contribution in [3.05, 3.63) is 64.9 Å². The van der Waals surface area contributed by atoms with Gasteiger partial charge in [0.05, 0.1) is 11.7 Å². The van der Waals surface area contributed by atoms with E-state index in [2.05, 4.69) is 10.3 Å². The number of carbonyl (C=O) groups is 1. The summed E-state index contributed by atoms with van der Waals surface area (Å²) in [7, 11) is 0. The fourth-order valence-electron chi connectivity index (χ4n) is 2.06. The minimum atomic E-state index is -0.310. The number of hydrogen-bond acceptors (Lipinski definition) is 3. The van der Waals surface area contributed by atoms with Gasteiger partial charge in [0.25, 0.3) is 0 Å². The second-order valence-electron chi connectivity index (χ2n) is 4.70. The van der Waals surface area contributed by atoms with Crippen LogP contribution in [-0.2, 0) is 4.79 Å². The Labute approximate surface area is 129 Å². The number of nitrogens with two attached hydrogens (primary N) is 1. The molecule has 0 aliphatic rings. The number of pyridine rings is 1. The van der Waals surface area contributed by atoms with Crippen molar-refractivity contribution in [1.29, 1.82) is 0 Å². The summed E-state index contributed by atoms with van der Waals surface area (Å²) in [4.78, 5) is 16.4. The molecule has 4 nitrogen and oxygen atoms in total. The number of hydrogen-bond donors (Lipinski definition) is 2. The van der Waals surface area contributed by atoms with Crippen molar-refractivity contribution in [2.24, 2.45) is 5.73 Å². The highest BCUT2D eigenvalue weighted by atomic mass is 35.5. The molecule has 0 fully saturated rings. The van der Waals surface area contributed by atoms with E-state index in [0.29, 0.717) is 24.4 Å². The Bertz CT molecular complexity index is 589. The molecule has 1 aromatic carbocycles. The number of aromatic nitrogens is 1. The fourth-order valence-corrected chi connectivity index (χ4v) is 2.26. The number of halogens is 1. The zero-order valence-electron chi connectivity index (χ0n) is 11.6. The van der Waals surface area contributed by atoms with E-state index in [0.717, 1.165) is 11.3 Å². The van der Waals surface area contributed by atoms with E-state index in [9.17, 15) is 4.79 Å². The summed E-state index contributed by atoms with van der Waals surface area (Å²) in [5.74, 6) is -0.0453. The molecular formula is C16H18ClN3O. The van der Waals surface area contributed by atoms with E-state index in [4.69, 9.17) is 17.3 Å². The molecule has 0 radical (unpaired) electrons. The van der Waals surface area contributed by atoms with Crippen LogP contribution >= 0.6 is 11.6 Å². The van der Waals surface area contributed by atoms with Crippen molar-refractivity contribution in [3.8, 4) is 0 Å². The highest BCUT2D eigenvalue weighted by molar-refractivity contribution is 6.30. The first-order valence-corrected chi connectivity index (χ1v) is 7.24. The molecule has 0 saturated carbocycles. The summed E-state index contributed by atoms with van der Waals surface area (Å²) in [6, 6.07) is 12.7. The normalized spacial score (nSPS) is 11.9. The van der Waals surface area contributed by atoms with Gasteiger partial charge in [-0.15, -0.1) is 0 Å². The third kappa shape index (κ3) is 4.55. The van der Waals surface area contributed by atoms with Gasteiger partial charge in [-0.2, -0.15) is 0 Å². The van der Waals surface area contributed by atoms with Gasteiger partial charge in [0.2, 0.25) is 5.91 Å². The summed E-state index contributed by atoms with van der Waals surface area (Å²) in [6.45, 7) is 0.499. The molecule has 21 heavy (non-hydrogen) atoms. The quantitative estimate of drug-likeness (QED) is 0.862. The average Bonchev–Trinajstić information content (AvgIpc) is 2.51. The molecule has 0 spiro atoms. The maximum atomic E-state index is 12.0. The van der Waals surface area contributed by atoms with Gasteiger partial charge in [0.1, 0.15) is 0 Å². The van der Waals surface area contributed by atoms with E-state index in [1.165, 1.54) is 0 Å². The lowest BCUT2D eigenvalue weighted by Crippen LogP contribution is -2.30. The third-order valence-electron chi connectivity index (χ3n) is 3.08. The number of carbonyl (C=O) groups excluding carboxylic acids is 1. The monoisotopic (exact) mass is 303 g/mol.